The van der Waals surface area contributed by atoms with E-state index >= 15 is 0 Å². The average molecular weight is 347 g/mol. The summed E-state index contributed by atoms with van der Waals surface area (Å²) in [7, 11) is 0. The fourth-order valence-corrected chi connectivity index (χ4v) is 3.62. The first-order valence-corrected chi connectivity index (χ1v) is 9.54. The third-order valence-electron chi connectivity index (χ3n) is 5.17. The van der Waals surface area contributed by atoms with Gasteiger partial charge in [0, 0.05) is 39.3 Å². The normalized spacial score (nSPS) is 18.1. The topological polar surface area (TPSA) is 70.5 Å². The molecule has 1 saturated heterocycles. The Labute approximate surface area is 149 Å². The lowest BCUT2D eigenvalue weighted by Gasteiger charge is -2.34. The maximum absolute atomic E-state index is 13.0. The largest absolute Gasteiger partial charge is 0.351 e. The Morgan fingerprint density at radius 3 is 2.52 bits per heavy atom. The molecule has 1 fully saturated rings. The second-order valence-corrected chi connectivity index (χ2v) is 6.82. The van der Waals surface area contributed by atoms with E-state index in [1.54, 1.807) is 0 Å². The number of rotatable bonds is 5. The number of carbonyl (C=O) groups is 2. The zero-order valence-electron chi connectivity index (χ0n) is 15.4. The van der Waals surface area contributed by atoms with Crippen LogP contribution in [0.5, 0.6) is 0 Å². The van der Waals surface area contributed by atoms with E-state index in [9.17, 15) is 9.59 Å². The Morgan fingerprint density at radius 1 is 1.08 bits per heavy atom. The first kappa shape index (κ1) is 17.9. The molecule has 0 aliphatic carbocycles. The average Bonchev–Trinajstić information content (AvgIpc) is 3.05. The molecule has 3 rings (SSSR count). The molecular weight excluding hydrogens is 318 g/mol. The third kappa shape index (κ3) is 3.71. The molecule has 0 spiro atoms. The Balaban J connectivity index is 1.82. The van der Waals surface area contributed by atoms with E-state index in [-0.39, 0.29) is 11.8 Å². The van der Waals surface area contributed by atoms with Gasteiger partial charge in [0.25, 0.3) is 11.8 Å². The summed E-state index contributed by atoms with van der Waals surface area (Å²) in [4.78, 5) is 34.2. The van der Waals surface area contributed by atoms with Crippen LogP contribution in [0, 0.1) is 0 Å². The number of carbonyl (C=O) groups excluding carboxylic acids is 2. The minimum Gasteiger partial charge on any atom is -0.351 e. The molecule has 7 nitrogen and oxygen atoms in total. The molecule has 0 unspecified atom stereocenters. The van der Waals surface area contributed by atoms with Crippen LogP contribution in [0.15, 0.2) is 0 Å². The number of nitrogens with zero attached hydrogens (tertiary/aromatic N) is 4. The number of amides is 2. The highest BCUT2D eigenvalue weighted by Crippen LogP contribution is 2.22. The van der Waals surface area contributed by atoms with Crippen molar-refractivity contribution in [3.05, 3.63) is 17.2 Å². The van der Waals surface area contributed by atoms with E-state index < -0.39 is 0 Å². The molecule has 0 aromatic carbocycles. The van der Waals surface area contributed by atoms with Gasteiger partial charge in [-0.15, -0.1) is 0 Å². The second-order valence-electron chi connectivity index (χ2n) is 6.82. The van der Waals surface area contributed by atoms with Gasteiger partial charge >= 0.3 is 0 Å². The SMILES string of the molecule is CCCNC(=O)c1nc(C(=O)N2CCN(CC)CC2)n2c1CCCC2. The molecule has 2 amide bonds. The highest BCUT2D eigenvalue weighted by Gasteiger charge is 2.30. The lowest BCUT2D eigenvalue weighted by molar-refractivity contribution is 0.0625. The molecule has 2 aliphatic heterocycles. The summed E-state index contributed by atoms with van der Waals surface area (Å²) < 4.78 is 1.99. The van der Waals surface area contributed by atoms with Crippen molar-refractivity contribution in [2.75, 3.05) is 39.3 Å². The number of likely N-dealkylation sites (N-methyl/N-ethyl adjacent to an activating group) is 1. The molecule has 138 valence electrons. The maximum atomic E-state index is 13.0. The van der Waals surface area contributed by atoms with Gasteiger partial charge < -0.3 is 19.7 Å². The van der Waals surface area contributed by atoms with Crippen molar-refractivity contribution < 1.29 is 9.59 Å². The molecule has 1 N–H and O–H groups in total. The smallest absolute Gasteiger partial charge is 0.289 e. The molecule has 0 radical (unpaired) electrons. The van der Waals surface area contributed by atoms with E-state index in [2.05, 4.69) is 22.1 Å². The Hall–Kier alpha value is -1.89. The van der Waals surface area contributed by atoms with Crippen molar-refractivity contribution in [3.8, 4) is 0 Å². The second kappa shape index (κ2) is 7.99. The number of hydrogen-bond donors (Lipinski definition) is 1. The van der Waals surface area contributed by atoms with Crippen molar-refractivity contribution in [3.63, 3.8) is 0 Å². The van der Waals surface area contributed by atoms with E-state index in [1.807, 2.05) is 16.4 Å². The summed E-state index contributed by atoms with van der Waals surface area (Å²) in [6.45, 7) is 9.85. The van der Waals surface area contributed by atoms with Gasteiger partial charge in [-0.05, 0) is 32.2 Å². The van der Waals surface area contributed by atoms with Crippen LogP contribution in [0.3, 0.4) is 0 Å². The summed E-state index contributed by atoms with van der Waals surface area (Å²) in [5.41, 5.74) is 1.37. The molecule has 2 aliphatic rings. The first-order chi connectivity index (χ1) is 12.2. The van der Waals surface area contributed by atoms with Gasteiger partial charge in [-0.3, -0.25) is 9.59 Å². The Kier molecular flexibility index (Phi) is 5.73. The van der Waals surface area contributed by atoms with Crippen molar-refractivity contribution in [1.29, 1.82) is 0 Å². The van der Waals surface area contributed by atoms with Gasteiger partial charge in [0.1, 0.15) is 5.69 Å². The molecule has 1 aromatic heterocycles. The molecule has 0 atom stereocenters. The van der Waals surface area contributed by atoms with Crippen LogP contribution in [0.1, 0.15) is 59.9 Å². The monoisotopic (exact) mass is 347 g/mol. The fourth-order valence-electron chi connectivity index (χ4n) is 3.62. The first-order valence-electron chi connectivity index (χ1n) is 9.54. The van der Waals surface area contributed by atoms with Crippen LogP contribution < -0.4 is 5.32 Å². The van der Waals surface area contributed by atoms with Gasteiger partial charge in [-0.1, -0.05) is 13.8 Å². The predicted molar refractivity (Wildman–Crippen MR) is 95.8 cm³/mol. The fraction of sp³-hybridized carbons (Fsp3) is 0.722. The highest BCUT2D eigenvalue weighted by atomic mass is 16.2. The van der Waals surface area contributed by atoms with Crippen LogP contribution in [-0.4, -0.2) is 70.4 Å². The summed E-state index contributed by atoms with van der Waals surface area (Å²) in [6.07, 6.45) is 3.78. The van der Waals surface area contributed by atoms with Crippen molar-refractivity contribution >= 4 is 11.8 Å². The summed E-state index contributed by atoms with van der Waals surface area (Å²) in [5.74, 6) is 0.261. The lowest BCUT2D eigenvalue weighted by Crippen LogP contribution is -2.49. The molecule has 0 bridgehead atoms. The number of fused-ring (bicyclic) bond motifs is 1. The van der Waals surface area contributed by atoms with Crippen LogP contribution in [0.4, 0.5) is 0 Å². The molecule has 1 aromatic rings. The number of piperazine rings is 1. The van der Waals surface area contributed by atoms with Crippen LogP contribution in [0.25, 0.3) is 0 Å². The minimum atomic E-state index is -0.151. The van der Waals surface area contributed by atoms with Gasteiger partial charge in [0.2, 0.25) is 0 Å². The maximum Gasteiger partial charge on any atom is 0.289 e. The summed E-state index contributed by atoms with van der Waals surface area (Å²) in [6, 6.07) is 0. The van der Waals surface area contributed by atoms with Crippen molar-refractivity contribution in [2.45, 2.75) is 46.1 Å². The zero-order chi connectivity index (χ0) is 17.8. The molecule has 25 heavy (non-hydrogen) atoms. The Bertz CT molecular complexity index is 632. The Morgan fingerprint density at radius 2 is 1.84 bits per heavy atom. The van der Waals surface area contributed by atoms with Crippen molar-refractivity contribution in [2.24, 2.45) is 0 Å². The standard InChI is InChI=1S/C18H29N5O2/c1-3-8-19-17(24)15-14-7-5-6-9-23(14)16(20-15)18(25)22-12-10-21(4-2)11-13-22/h3-13H2,1-2H3,(H,19,24). The van der Waals surface area contributed by atoms with Gasteiger partial charge in [0.05, 0.1) is 5.69 Å². The van der Waals surface area contributed by atoms with Gasteiger partial charge in [0.15, 0.2) is 5.82 Å². The quantitative estimate of drug-likeness (QED) is 0.867. The highest BCUT2D eigenvalue weighted by molar-refractivity contribution is 5.97. The van der Waals surface area contributed by atoms with E-state index in [4.69, 9.17) is 0 Å². The third-order valence-corrected chi connectivity index (χ3v) is 5.17. The van der Waals surface area contributed by atoms with Gasteiger partial charge in [-0.2, -0.15) is 0 Å². The summed E-state index contributed by atoms with van der Waals surface area (Å²) in [5, 5.41) is 2.90. The number of hydrogen-bond acceptors (Lipinski definition) is 4. The van der Waals surface area contributed by atoms with E-state index in [1.165, 1.54) is 0 Å². The van der Waals surface area contributed by atoms with E-state index in [0.717, 1.165) is 70.6 Å². The number of nitrogens with one attached hydrogen (secondary N) is 1. The van der Waals surface area contributed by atoms with Crippen LogP contribution in [-0.2, 0) is 13.0 Å². The van der Waals surface area contributed by atoms with Crippen LogP contribution >= 0.6 is 0 Å². The minimum absolute atomic E-state index is 0.0338. The molecule has 3 heterocycles. The van der Waals surface area contributed by atoms with E-state index in [0.29, 0.717) is 18.1 Å². The predicted octanol–water partition coefficient (Wildman–Crippen LogP) is 1.14. The number of aromatic nitrogens is 2. The summed E-state index contributed by atoms with van der Waals surface area (Å²) >= 11 is 0. The zero-order valence-corrected chi connectivity index (χ0v) is 15.4. The molecule has 0 saturated carbocycles. The lowest BCUT2D eigenvalue weighted by atomic mass is 10.1. The van der Waals surface area contributed by atoms with Crippen LogP contribution in [0.2, 0.25) is 0 Å². The molecule has 7 heteroatoms. The molecular formula is C18H29N5O2. The van der Waals surface area contributed by atoms with Crippen molar-refractivity contribution in [1.82, 2.24) is 24.7 Å². The van der Waals surface area contributed by atoms with Gasteiger partial charge in [-0.25, -0.2) is 4.98 Å². The number of imidazole rings is 1.